The molecule has 1 aromatic rings. The summed E-state index contributed by atoms with van der Waals surface area (Å²) in [5, 5.41) is 2.47. The van der Waals surface area contributed by atoms with Crippen molar-refractivity contribution in [2.75, 3.05) is 26.8 Å². The van der Waals surface area contributed by atoms with Gasteiger partial charge in [-0.25, -0.2) is 0 Å². The fraction of sp³-hybridized carbons (Fsp3) is 0.500. The van der Waals surface area contributed by atoms with Gasteiger partial charge in [-0.15, -0.1) is 0 Å². The third-order valence-corrected chi connectivity index (χ3v) is 4.22. The zero-order valence-electron chi connectivity index (χ0n) is 14.6. The van der Waals surface area contributed by atoms with Crippen LogP contribution < -0.4 is 10.1 Å². The van der Waals surface area contributed by atoms with Crippen molar-refractivity contribution in [1.82, 2.24) is 10.2 Å². The Morgan fingerprint density at radius 1 is 1.24 bits per heavy atom. The van der Waals surface area contributed by atoms with E-state index in [4.69, 9.17) is 9.47 Å². The van der Waals surface area contributed by atoms with Crippen molar-refractivity contribution in [2.45, 2.75) is 32.2 Å². The second-order valence-electron chi connectivity index (χ2n) is 5.98. The lowest BCUT2D eigenvalue weighted by Gasteiger charge is -2.33. The number of benzene rings is 1. The molecule has 1 aromatic carbocycles. The standard InChI is InChI=1S/C18H24N2O5/c1-13-7-5-6-10-20(13)16(21)12-25-17(22)11-19-18(23)14-8-3-4-9-15(14)24-2/h3-4,8-9,13H,5-7,10-12H2,1-2H3,(H,19,23)/t13-/m0/s1. The maximum Gasteiger partial charge on any atom is 0.325 e. The Balaban J connectivity index is 1.77. The first kappa shape index (κ1) is 18.8. The lowest BCUT2D eigenvalue weighted by molar-refractivity contribution is -0.152. The molecule has 0 aliphatic carbocycles. The molecule has 0 spiro atoms. The molecule has 1 N–H and O–H groups in total. The Morgan fingerprint density at radius 2 is 2.00 bits per heavy atom. The van der Waals surface area contributed by atoms with Gasteiger partial charge in [-0.3, -0.25) is 14.4 Å². The van der Waals surface area contributed by atoms with Crippen molar-refractivity contribution in [3.05, 3.63) is 29.8 Å². The van der Waals surface area contributed by atoms with Crippen LogP contribution in [0, 0.1) is 0 Å². The minimum atomic E-state index is -0.652. The molecule has 1 atom stereocenters. The first-order valence-corrected chi connectivity index (χ1v) is 8.39. The molecule has 0 unspecified atom stereocenters. The lowest BCUT2D eigenvalue weighted by atomic mass is 10.0. The maximum absolute atomic E-state index is 12.1. The molecular weight excluding hydrogens is 324 g/mol. The highest BCUT2D eigenvalue weighted by Gasteiger charge is 2.24. The van der Waals surface area contributed by atoms with Gasteiger partial charge in [-0.1, -0.05) is 12.1 Å². The van der Waals surface area contributed by atoms with Crippen molar-refractivity contribution in [3.63, 3.8) is 0 Å². The number of nitrogens with zero attached hydrogens (tertiary/aromatic N) is 1. The molecule has 136 valence electrons. The topological polar surface area (TPSA) is 84.9 Å². The Labute approximate surface area is 147 Å². The van der Waals surface area contributed by atoms with E-state index < -0.39 is 11.9 Å². The molecule has 0 aromatic heterocycles. The van der Waals surface area contributed by atoms with Crippen LogP contribution in [0.3, 0.4) is 0 Å². The van der Waals surface area contributed by atoms with Crippen molar-refractivity contribution < 1.29 is 23.9 Å². The number of hydrogen-bond acceptors (Lipinski definition) is 5. The SMILES string of the molecule is COc1ccccc1C(=O)NCC(=O)OCC(=O)N1CCCC[C@@H]1C. The monoisotopic (exact) mass is 348 g/mol. The lowest BCUT2D eigenvalue weighted by Crippen LogP contribution is -2.44. The van der Waals surface area contributed by atoms with E-state index in [1.807, 2.05) is 6.92 Å². The van der Waals surface area contributed by atoms with Gasteiger partial charge in [-0.05, 0) is 38.3 Å². The third-order valence-electron chi connectivity index (χ3n) is 4.22. The zero-order chi connectivity index (χ0) is 18.2. The van der Waals surface area contributed by atoms with Crippen LogP contribution in [0.4, 0.5) is 0 Å². The molecule has 0 saturated carbocycles. The Morgan fingerprint density at radius 3 is 2.72 bits per heavy atom. The normalized spacial score (nSPS) is 16.9. The van der Waals surface area contributed by atoms with Crippen LogP contribution in [0.15, 0.2) is 24.3 Å². The third kappa shape index (κ3) is 5.20. The van der Waals surface area contributed by atoms with E-state index in [-0.39, 0.29) is 25.1 Å². The van der Waals surface area contributed by atoms with Gasteiger partial charge >= 0.3 is 5.97 Å². The summed E-state index contributed by atoms with van der Waals surface area (Å²) in [4.78, 5) is 37.7. The molecule has 0 radical (unpaired) electrons. The number of para-hydroxylation sites is 1. The fourth-order valence-corrected chi connectivity index (χ4v) is 2.82. The van der Waals surface area contributed by atoms with Crippen LogP contribution in [0.1, 0.15) is 36.5 Å². The molecule has 1 aliphatic heterocycles. The van der Waals surface area contributed by atoms with Gasteiger partial charge in [0.1, 0.15) is 12.3 Å². The molecule has 1 saturated heterocycles. The van der Waals surface area contributed by atoms with Gasteiger partial charge in [-0.2, -0.15) is 0 Å². The minimum absolute atomic E-state index is 0.171. The van der Waals surface area contributed by atoms with Crippen LogP contribution >= 0.6 is 0 Å². The van der Waals surface area contributed by atoms with Crippen LogP contribution in [-0.2, 0) is 14.3 Å². The first-order chi connectivity index (χ1) is 12.0. The van der Waals surface area contributed by atoms with Crippen LogP contribution in [-0.4, -0.2) is 55.5 Å². The summed E-state index contributed by atoms with van der Waals surface area (Å²) in [5.74, 6) is -0.870. The maximum atomic E-state index is 12.1. The number of hydrogen-bond donors (Lipinski definition) is 1. The smallest absolute Gasteiger partial charge is 0.325 e. The van der Waals surface area contributed by atoms with E-state index in [1.165, 1.54) is 7.11 Å². The number of likely N-dealkylation sites (tertiary alicyclic amines) is 1. The summed E-state index contributed by atoms with van der Waals surface area (Å²) in [6.07, 6.45) is 3.05. The van der Waals surface area contributed by atoms with Crippen LogP contribution in [0.5, 0.6) is 5.75 Å². The molecule has 0 bridgehead atoms. The van der Waals surface area contributed by atoms with Gasteiger partial charge in [0.2, 0.25) is 0 Å². The number of esters is 1. The molecular formula is C18H24N2O5. The van der Waals surface area contributed by atoms with E-state index in [2.05, 4.69) is 5.32 Å². The van der Waals surface area contributed by atoms with Crippen LogP contribution in [0.25, 0.3) is 0 Å². The quantitative estimate of drug-likeness (QED) is 0.785. The van der Waals surface area contributed by atoms with Crippen molar-refractivity contribution >= 4 is 17.8 Å². The van der Waals surface area contributed by atoms with Crippen LogP contribution in [0.2, 0.25) is 0 Å². The van der Waals surface area contributed by atoms with E-state index in [0.29, 0.717) is 17.9 Å². The molecule has 25 heavy (non-hydrogen) atoms. The molecule has 7 heteroatoms. The predicted octanol–water partition coefficient (Wildman–Crippen LogP) is 1.37. The number of carbonyl (C=O) groups is 3. The summed E-state index contributed by atoms with van der Waals surface area (Å²) in [5.41, 5.74) is 0.330. The zero-order valence-corrected chi connectivity index (χ0v) is 14.6. The Kier molecular flexibility index (Phi) is 6.80. The van der Waals surface area contributed by atoms with Gasteiger partial charge in [0.25, 0.3) is 11.8 Å². The van der Waals surface area contributed by atoms with Gasteiger partial charge in [0.15, 0.2) is 6.61 Å². The first-order valence-electron chi connectivity index (χ1n) is 8.39. The number of rotatable bonds is 6. The van der Waals surface area contributed by atoms with Crippen molar-refractivity contribution in [3.8, 4) is 5.75 Å². The number of piperidine rings is 1. The van der Waals surface area contributed by atoms with Crippen molar-refractivity contribution in [1.29, 1.82) is 0 Å². The van der Waals surface area contributed by atoms with Gasteiger partial charge < -0.3 is 19.7 Å². The fourth-order valence-electron chi connectivity index (χ4n) is 2.82. The van der Waals surface area contributed by atoms with E-state index >= 15 is 0 Å². The number of ether oxygens (including phenoxy) is 2. The highest BCUT2D eigenvalue weighted by atomic mass is 16.5. The number of carbonyl (C=O) groups excluding carboxylic acids is 3. The molecule has 1 fully saturated rings. The highest BCUT2D eigenvalue weighted by Crippen LogP contribution is 2.17. The average Bonchev–Trinajstić information content (AvgIpc) is 2.64. The average molecular weight is 348 g/mol. The number of methoxy groups -OCH3 is 1. The predicted molar refractivity (Wildman–Crippen MR) is 91.3 cm³/mol. The van der Waals surface area contributed by atoms with Gasteiger partial charge in [0, 0.05) is 12.6 Å². The number of nitrogens with one attached hydrogen (secondary N) is 1. The molecule has 7 nitrogen and oxygen atoms in total. The van der Waals surface area contributed by atoms with E-state index in [9.17, 15) is 14.4 Å². The summed E-state index contributed by atoms with van der Waals surface area (Å²) in [6, 6.07) is 6.88. The second-order valence-corrected chi connectivity index (χ2v) is 5.98. The van der Waals surface area contributed by atoms with Crippen molar-refractivity contribution in [2.24, 2.45) is 0 Å². The molecule has 2 rings (SSSR count). The molecule has 1 heterocycles. The summed E-state index contributed by atoms with van der Waals surface area (Å²) >= 11 is 0. The molecule has 1 aliphatic rings. The minimum Gasteiger partial charge on any atom is -0.496 e. The van der Waals surface area contributed by atoms with E-state index in [0.717, 1.165) is 19.3 Å². The largest absolute Gasteiger partial charge is 0.496 e. The number of amides is 2. The second kappa shape index (κ2) is 9.05. The molecule has 2 amide bonds. The van der Waals surface area contributed by atoms with Gasteiger partial charge in [0.05, 0.1) is 12.7 Å². The summed E-state index contributed by atoms with van der Waals surface area (Å²) < 4.78 is 10.1. The summed E-state index contributed by atoms with van der Waals surface area (Å²) in [6.45, 7) is 2.09. The van der Waals surface area contributed by atoms with E-state index in [1.54, 1.807) is 29.2 Å². The summed E-state index contributed by atoms with van der Waals surface area (Å²) in [7, 11) is 1.47. The highest BCUT2D eigenvalue weighted by molar-refractivity contribution is 5.98. The Hall–Kier alpha value is -2.57. The Bertz CT molecular complexity index is 632.